The molecule has 1 N–H and O–H groups in total. The summed E-state index contributed by atoms with van der Waals surface area (Å²) in [5.74, 6) is 0.601. The normalized spacial score (nSPS) is 14.7. The van der Waals surface area contributed by atoms with E-state index in [1.807, 2.05) is 18.2 Å². The summed E-state index contributed by atoms with van der Waals surface area (Å²) >= 11 is 3.30. The number of hydrogen-bond acceptors (Lipinski definition) is 6. The molecule has 150 valence electrons. The molecule has 1 aliphatic heterocycles. The minimum absolute atomic E-state index is 0.182. The van der Waals surface area contributed by atoms with Gasteiger partial charge >= 0.3 is 0 Å². The Morgan fingerprint density at radius 3 is 2.03 bits per heavy atom. The molecule has 0 atom stereocenters. The van der Waals surface area contributed by atoms with Crippen LogP contribution in [0.25, 0.3) is 0 Å². The smallest absolute Gasteiger partial charge is 0.261 e. The van der Waals surface area contributed by atoms with Crippen molar-refractivity contribution in [2.75, 3.05) is 40.7 Å². The first-order chi connectivity index (χ1) is 14.0. The fourth-order valence-electron chi connectivity index (χ4n) is 3.17. The summed E-state index contributed by atoms with van der Waals surface area (Å²) in [5.41, 5.74) is 1.55. The molecule has 0 aliphatic carbocycles. The Morgan fingerprint density at radius 2 is 1.41 bits per heavy atom. The molecule has 4 rings (SSSR count). The van der Waals surface area contributed by atoms with Crippen molar-refractivity contribution < 1.29 is 8.42 Å². The molecule has 1 aromatic heterocycles. The number of halogens is 1. The fraction of sp³-hybridized carbons (Fsp3) is 0.200. The van der Waals surface area contributed by atoms with E-state index in [0.717, 1.165) is 30.7 Å². The van der Waals surface area contributed by atoms with Crippen LogP contribution in [0.3, 0.4) is 0 Å². The van der Waals surface area contributed by atoms with E-state index in [1.54, 1.807) is 12.1 Å². The Kier molecular flexibility index (Phi) is 5.68. The zero-order chi connectivity index (χ0) is 20.3. The van der Waals surface area contributed by atoms with Crippen LogP contribution in [0.4, 0.5) is 17.3 Å². The van der Waals surface area contributed by atoms with Crippen molar-refractivity contribution in [3.05, 3.63) is 71.5 Å². The van der Waals surface area contributed by atoms with Crippen LogP contribution in [0.2, 0.25) is 0 Å². The maximum atomic E-state index is 12.5. The monoisotopic (exact) mass is 473 g/mol. The maximum absolute atomic E-state index is 12.5. The van der Waals surface area contributed by atoms with E-state index in [0.29, 0.717) is 11.6 Å². The van der Waals surface area contributed by atoms with Gasteiger partial charge in [-0.25, -0.2) is 18.4 Å². The van der Waals surface area contributed by atoms with Gasteiger partial charge in [-0.15, -0.1) is 0 Å². The van der Waals surface area contributed by atoms with E-state index in [-0.39, 0.29) is 4.90 Å². The zero-order valence-electron chi connectivity index (χ0n) is 15.6. The van der Waals surface area contributed by atoms with Crippen molar-refractivity contribution in [3.63, 3.8) is 0 Å². The van der Waals surface area contributed by atoms with Crippen molar-refractivity contribution >= 4 is 43.3 Å². The highest BCUT2D eigenvalue weighted by molar-refractivity contribution is 9.10. The Labute approximate surface area is 178 Å². The Morgan fingerprint density at radius 1 is 0.828 bits per heavy atom. The van der Waals surface area contributed by atoms with Crippen molar-refractivity contribution in [2.24, 2.45) is 0 Å². The predicted molar refractivity (Wildman–Crippen MR) is 118 cm³/mol. The van der Waals surface area contributed by atoms with Crippen molar-refractivity contribution in [3.8, 4) is 0 Å². The highest BCUT2D eigenvalue weighted by atomic mass is 79.9. The van der Waals surface area contributed by atoms with Crippen molar-refractivity contribution in [2.45, 2.75) is 4.90 Å². The predicted octanol–water partition coefficient (Wildman–Crippen LogP) is 3.37. The van der Waals surface area contributed by atoms with E-state index in [1.165, 1.54) is 30.2 Å². The Bertz CT molecular complexity index is 1050. The van der Waals surface area contributed by atoms with Crippen LogP contribution in [0.5, 0.6) is 0 Å². The topological polar surface area (TPSA) is 78.4 Å². The molecule has 0 amide bonds. The van der Waals surface area contributed by atoms with Gasteiger partial charge < -0.3 is 9.80 Å². The summed E-state index contributed by atoms with van der Waals surface area (Å²) in [4.78, 5) is 13.3. The molecule has 1 fully saturated rings. The lowest BCUT2D eigenvalue weighted by atomic mass is 10.2. The van der Waals surface area contributed by atoms with E-state index in [4.69, 9.17) is 0 Å². The lowest BCUT2D eigenvalue weighted by Crippen LogP contribution is -2.47. The number of nitrogens with zero attached hydrogens (tertiary/aromatic N) is 4. The molecule has 9 heteroatoms. The van der Waals surface area contributed by atoms with Gasteiger partial charge in [-0.2, -0.15) is 0 Å². The van der Waals surface area contributed by atoms with Crippen LogP contribution in [-0.4, -0.2) is 44.6 Å². The largest absolute Gasteiger partial charge is 0.368 e. The van der Waals surface area contributed by atoms with Crippen LogP contribution >= 0.6 is 15.9 Å². The summed E-state index contributed by atoms with van der Waals surface area (Å²) in [6, 6.07) is 16.8. The van der Waals surface area contributed by atoms with Gasteiger partial charge in [0, 0.05) is 36.3 Å². The van der Waals surface area contributed by atoms with Crippen molar-refractivity contribution in [1.82, 2.24) is 9.97 Å². The second-order valence-electron chi connectivity index (χ2n) is 6.64. The SMILES string of the molecule is O=S(=O)(Nc1cnc(N2CCN(c3ccccc3)CC2)nc1)c1ccc(Br)cc1. The van der Waals surface area contributed by atoms with Gasteiger partial charge in [0.15, 0.2) is 0 Å². The van der Waals surface area contributed by atoms with Gasteiger partial charge in [0.05, 0.1) is 23.0 Å². The number of benzene rings is 2. The summed E-state index contributed by atoms with van der Waals surface area (Å²) < 4.78 is 28.3. The van der Waals surface area contributed by atoms with Crippen LogP contribution in [-0.2, 0) is 10.0 Å². The van der Waals surface area contributed by atoms with Crippen molar-refractivity contribution in [1.29, 1.82) is 0 Å². The molecule has 7 nitrogen and oxygen atoms in total. The number of aromatic nitrogens is 2. The van der Waals surface area contributed by atoms with Crippen LogP contribution in [0.1, 0.15) is 0 Å². The minimum Gasteiger partial charge on any atom is -0.368 e. The fourth-order valence-corrected chi connectivity index (χ4v) is 4.46. The van der Waals surface area contributed by atoms with Gasteiger partial charge in [-0.1, -0.05) is 34.1 Å². The highest BCUT2D eigenvalue weighted by Crippen LogP contribution is 2.20. The number of sulfonamides is 1. The number of rotatable bonds is 5. The average molecular weight is 474 g/mol. The minimum atomic E-state index is -3.68. The molecule has 0 radical (unpaired) electrons. The summed E-state index contributed by atoms with van der Waals surface area (Å²) in [6.07, 6.45) is 3.00. The molecule has 1 aliphatic rings. The van der Waals surface area contributed by atoms with Gasteiger partial charge in [0.1, 0.15) is 0 Å². The number of para-hydroxylation sites is 1. The maximum Gasteiger partial charge on any atom is 0.261 e. The summed E-state index contributed by atoms with van der Waals surface area (Å²) in [6.45, 7) is 3.37. The third-order valence-electron chi connectivity index (χ3n) is 4.70. The third kappa shape index (κ3) is 4.68. The first kappa shape index (κ1) is 19.7. The molecule has 2 heterocycles. The molecule has 3 aromatic rings. The number of piperazine rings is 1. The third-order valence-corrected chi connectivity index (χ3v) is 6.62. The van der Waals surface area contributed by atoms with E-state index < -0.39 is 10.0 Å². The quantitative estimate of drug-likeness (QED) is 0.611. The zero-order valence-corrected chi connectivity index (χ0v) is 18.0. The molecule has 0 unspecified atom stereocenters. The Balaban J connectivity index is 1.39. The molecule has 2 aromatic carbocycles. The van der Waals surface area contributed by atoms with Gasteiger partial charge in [-0.05, 0) is 36.4 Å². The van der Waals surface area contributed by atoms with Gasteiger partial charge in [0.25, 0.3) is 10.0 Å². The molecular weight excluding hydrogens is 454 g/mol. The standard InChI is InChI=1S/C20H20BrN5O2S/c21-16-6-8-19(9-7-16)29(27,28)24-17-14-22-20(23-15-17)26-12-10-25(11-13-26)18-4-2-1-3-5-18/h1-9,14-15,24H,10-13H2. The number of nitrogens with one attached hydrogen (secondary N) is 1. The van der Waals surface area contributed by atoms with Gasteiger partial charge in [-0.3, -0.25) is 4.72 Å². The van der Waals surface area contributed by atoms with E-state index in [2.05, 4.69) is 52.6 Å². The Hall–Kier alpha value is -2.65. The lowest BCUT2D eigenvalue weighted by Gasteiger charge is -2.36. The highest BCUT2D eigenvalue weighted by Gasteiger charge is 2.20. The average Bonchev–Trinajstić information content (AvgIpc) is 2.75. The van der Waals surface area contributed by atoms with E-state index in [9.17, 15) is 8.42 Å². The lowest BCUT2D eigenvalue weighted by molar-refractivity contribution is 0.601. The first-order valence-electron chi connectivity index (χ1n) is 9.17. The van der Waals surface area contributed by atoms with Crippen LogP contribution in [0, 0.1) is 0 Å². The van der Waals surface area contributed by atoms with E-state index >= 15 is 0 Å². The molecule has 0 bridgehead atoms. The number of hydrogen-bond donors (Lipinski definition) is 1. The van der Waals surface area contributed by atoms with Gasteiger partial charge in [0.2, 0.25) is 5.95 Å². The summed E-state index contributed by atoms with van der Waals surface area (Å²) in [5, 5.41) is 0. The first-order valence-corrected chi connectivity index (χ1v) is 11.4. The second kappa shape index (κ2) is 8.38. The molecule has 0 spiro atoms. The second-order valence-corrected chi connectivity index (χ2v) is 9.24. The number of anilines is 3. The van der Waals surface area contributed by atoms with Crippen LogP contribution < -0.4 is 14.5 Å². The molecule has 29 heavy (non-hydrogen) atoms. The molecular formula is C20H20BrN5O2S. The molecule has 1 saturated heterocycles. The summed E-state index contributed by atoms with van der Waals surface area (Å²) in [7, 11) is -3.68. The van der Waals surface area contributed by atoms with Crippen LogP contribution in [0.15, 0.2) is 76.4 Å². The molecule has 0 saturated carbocycles.